The Labute approximate surface area is 128 Å². The number of nitrogens with zero attached hydrogens (tertiary/aromatic N) is 2. The maximum Gasteiger partial charge on any atom is 0.276 e. The number of pyridine rings is 1. The average Bonchev–Trinajstić information content (AvgIpc) is 2.55. The first-order valence-corrected chi connectivity index (χ1v) is 6.82. The predicted molar refractivity (Wildman–Crippen MR) is 84.4 cm³/mol. The molecule has 0 saturated heterocycles. The number of carbonyl (C=O) groups excluding carboxylic acids is 1. The number of hydrazone groups is 1. The summed E-state index contributed by atoms with van der Waals surface area (Å²) in [6, 6.07) is 10.4. The van der Waals surface area contributed by atoms with Crippen molar-refractivity contribution in [1.29, 1.82) is 0 Å². The third-order valence-corrected chi connectivity index (χ3v) is 3.08. The second-order valence-electron chi connectivity index (χ2n) is 4.49. The minimum Gasteiger partial charge on any atom is -0.497 e. The van der Waals surface area contributed by atoms with Crippen molar-refractivity contribution in [3.05, 3.63) is 64.1 Å². The lowest BCUT2D eigenvalue weighted by Crippen LogP contribution is -2.30. The van der Waals surface area contributed by atoms with Crippen molar-refractivity contribution in [2.45, 2.75) is 13.5 Å². The first-order valence-electron chi connectivity index (χ1n) is 6.82. The van der Waals surface area contributed by atoms with Crippen LogP contribution in [0.4, 0.5) is 0 Å². The summed E-state index contributed by atoms with van der Waals surface area (Å²) >= 11 is 0. The highest BCUT2D eigenvalue weighted by molar-refractivity contribution is 5.94. The Balaban J connectivity index is 2.09. The van der Waals surface area contributed by atoms with Crippen molar-refractivity contribution in [2.24, 2.45) is 5.10 Å². The number of aryl methyl sites for hydroxylation is 1. The van der Waals surface area contributed by atoms with Crippen molar-refractivity contribution in [1.82, 2.24) is 9.99 Å². The average molecular weight is 299 g/mol. The fourth-order valence-corrected chi connectivity index (χ4v) is 1.91. The van der Waals surface area contributed by atoms with Gasteiger partial charge in [0.2, 0.25) is 0 Å². The number of amides is 1. The zero-order valence-electron chi connectivity index (χ0n) is 12.4. The largest absolute Gasteiger partial charge is 0.497 e. The normalized spacial score (nSPS) is 10.6. The van der Waals surface area contributed by atoms with Gasteiger partial charge in [0.05, 0.1) is 13.3 Å². The van der Waals surface area contributed by atoms with E-state index >= 15 is 0 Å². The third-order valence-electron chi connectivity index (χ3n) is 3.08. The van der Waals surface area contributed by atoms with Gasteiger partial charge in [0.1, 0.15) is 11.3 Å². The molecular weight excluding hydrogens is 282 g/mol. The van der Waals surface area contributed by atoms with E-state index in [-0.39, 0.29) is 11.1 Å². The molecule has 1 aromatic carbocycles. The molecule has 0 saturated carbocycles. The summed E-state index contributed by atoms with van der Waals surface area (Å²) in [5.74, 6) is 0.163. The highest BCUT2D eigenvalue weighted by Gasteiger charge is 2.10. The van der Waals surface area contributed by atoms with E-state index in [9.17, 15) is 9.59 Å². The fraction of sp³-hybridized carbons (Fsp3) is 0.188. The van der Waals surface area contributed by atoms with Crippen molar-refractivity contribution >= 4 is 12.1 Å². The molecule has 2 rings (SSSR count). The number of carbonyl (C=O) groups is 1. The molecule has 0 fully saturated rings. The van der Waals surface area contributed by atoms with Crippen LogP contribution in [0.25, 0.3) is 0 Å². The second-order valence-corrected chi connectivity index (χ2v) is 4.49. The van der Waals surface area contributed by atoms with Crippen LogP contribution >= 0.6 is 0 Å². The molecular formula is C16H17N3O3. The number of methoxy groups -OCH3 is 1. The number of ether oxygens (including phenoxy) is 1. The summed E-state index contributed by atoms with van der Waals surface area (Å²) in [6.07, 6.45) is 3.13. The minimum atomic E-state index is -0.535. The highest BCUT2D eigenvalue weighted by Crippen LogP contribution is 2.10. The first-order chi connectivity index (χ1) is 10.7. The van der Waals surface area contributed by atoms with Gasteiger partial charge in [0, 0.05) is 12.7 Å². The number of aromatic nitrogens is 1. The number of hydrogen-bond acceptors (Lipinski definition) is 4. The van der Waals surface area contributed by atoms with Crippen LogP contribution in [-0.4, -0.2) is 23.8 Å². The standard InChI is InChI=1S/C16H17N3O3/c1-3-19-9-5-8-14(16(19)21)15(20)18-17-11-12-6-4-7-13(10-12)22-2/h4-11H,3H2,1-2H3,(H,18,20)/b17-11-. The lowest BCUT2D eigenvalue weighted by Gasteiger charge is -2.04. The number of rotatable bonds is 5. The van der Waals surface area contributed by atoms with Crippen molar-refractivity contribution < 1.29 is 9.53 Å². The van der Waals surface area contributed by atoms with Gasteiger partial charge in [-0.05, 0) is 36.8 Å². The van der Waals surface area contributed by atoms with E-state index in [1.54, 1.807) is 25.4 Å². The van der Waals surface area contributed by atoms with Crippen LogP contribution in [0, 0.1) is 0 Å². The van der Waals surface area contributed by atoms with Crippen molar-refractivity contribution in [3.8, 4) is 5.75 Å². The van der Waals surface area contributed by atoms with Crippen LogP contribution in [0.3, 0.4) is 0 Å². The molecule has 1 N–H and O–H groups in total. The highest BCUT2D eigenvalue weighted by atomic mass is 16.5. The van der Waals surface area contributed by atoms with Gasteiger partial charge in [-0.1, -0.05) is 12.1 Å². The van der Waals surface area contributed by atoms with Crippen LogP contribution in [-0.2, 0) is 6.54 Å². The monoisotopic (exact) mass is 299 g/mol. The molecule has 0 bridgehead atoms. The molecule has 22 heavy (non-hydrogen) atoms. The van der Waals surface area contributed by atoms with Crippen LogP contribution < -0.4 is 15.7 Å². The number of nitrogens with one attached hydrogen (secondary N) is 1. The van der Waals surface area contributed by atoms with E-state index in [4.69, 9.17) is 4.74 Å². The third kappa shape index (κ3) is 3.60. The number of benzene rings is 1. The summed E-state index contributed by atoms with van der Waals surface area (Å²) in [5, 5.41) is 3.86. The van der Waals surface area contributed by atoms with Crippen LogP contribution in [0.1, 0.15) is 22.8 Å². The molecule has 0 unspecified atom stereocenters. The van der Waals surface area contributed by atoms with E-state index in [0.29, 0.717) is 12.3 Å². The lowest BCUT2D eigenvalue weighted by atomic mass is 10.2. The minimum absolute atomic E-state index is 0.0622. The first kappa shape index (κ1) is 15.5. The van der Waals surface area contributed by atoms with Gasteiger partial charge < -0.3 is 9.30 Å². The Hall–Kier alpha value is -2.89. The van der Waals surface area contributed by atoms with Crippen LogP contribution in [0.5, 0.6) is 5.75 Å². The maximum absolute atomic E-state index is 12.0. The van der Waals surface area contributed by atoms with E-state index in [2.05, 4.69) is 10.5 Å². The Morgan fingerprint density at radius 1 is 1.36 bits per heavy atom. The van der Waals surface area contributed by atoms with Crippen LogP contribution in [0.15, 0.2) is 52.5 Å². The fourth-order valence-electron chi connectivity index (χ4n) is 1.91. The predicted octanol–water partition coefficient (Wildman–Crippen LogP) is 1.64. The molecule has 0 atom stereocenters. The van der Waals surface area contributed by atoms with Gasteiger partial charge in [-0.25, -0.2) is 5.43 Å². The molecule has 1 aromatic heterocycles. The second kappa shape index (κ2) is 7.21. The summed E-state index contributed by atoms with van der Waals surface area (Å²) in [5.41, 5.74) is 2.86. The Kier molecular flexibility index (Phi) is 5.08. The Morgan fingerprint density at radius 3 is 2.91 bits per heavy atom. The van der Waals surface area contributed by atoms with E-state index in [1.807, 2.05) is 25.1 Å². The van der Waals surface area contributed by atoms with Gasteiger partial charge in [0.25, 0.3) is 11.5 Å². The van der Waals surface area contributed by atoms with Crippen molar-refractivity contribution in [3.63, 3.8) is 0 Å². The van der Waals surface area contributed by atoms with Gasteiger partial charge >= 0.3 is 0 Å². The molecule has 1 heterocycles. The van der Waals surface area contributed by atoms with Crippen molar-refractivity contribution in [2.75, 3.05) is 7.11 Å². The molecule has 0 aliphatic carbocycles. The van der Waals surface area contributed by atoms with E-state index in [1.165, 1.54) is 16.8 Å². The zero-order valence-corrected chi connectivity index (χ0v) is 12.4. The molecule has 6 heteroatoms. The molecule has 0 radical (unpaired) electrons. The van der Waals surface area contributed by atoms with Crippen LogP contribution in [0.2, 0.25) is 0 Å². The Morgan fingerprint density at radius 2 is 2.18 bits per heavy atom. The molecule has 0 aliphatic rings. The molecule has 0 aliphatic heterocycles. The summed E-state index contributed by atoms with van der Waals surface area (Å²) < 4.78 is 6.56. The Bertz CT molecular complexity index is 750. The molecule has 6 nitrogen and oxygen atoms in total. The van der Waals surface area contributed by atoms with E-state index in [0.717, 1.165) is 5.56 Å². The van der Waals surface area contributed by atoms with Gasteiger partial charge in [-0.2, -0.15) is 5.10 Å². The molecule has 2 aromatic rings. The summed E-state index contributed by atoms with van der Waals surface area (Å²) in [4.78, 5) is 24.0. The number of hydrogen-bond donors (Lipinski definition) is 1. The van der Waals surface area contributed by atoms with Gasteiger partial charge in [-0.3, -0.25) is 9.59 Å². The van der Waals surface area contributed by atoms with Gasteiger partial charge in [0.15, 0.2) is 0 Å². The lowest BCUT2D eigenvalue weighted by molar-refractivity contribution is 0.0953. The zero-order chi connectivity index (χ0) is 15.9. The maximum atomic E-state index is 12.0. The SMILES string of the molecule is CCn1cccc(C(=O)N/N=C\c2cccc(OC)c2)c1=O. The van der Waals surface area contributed by atoms with Gasteiger partial charge in [-0.15, -0.1) is 0 Å². The molecule has 114 valence electrons. The molecule has 1 amide bonds. The summed E-state index contributed by atoms with van der Waals surface area (Å²) in [7, 11) is 1.58. The van der Waals surface area contributed by atoms with E-state index < -0.39 is 5.91 Å². The molecule has 0 spiro atoms. The topological polar surface area (TPSA) is 72.7 Å². The summed E-state index contributed by atoms with van der Waals surface area (Å²) in [6.45, 7) is 2.34. The quantitative estimate of drug-likeness (QED) is 0.674. The smallest absolute Gasteiger partial charge is 0.276 e.